The lowest BCUT2D eigenvalue weighted by Gasteiger charge is -2.10. The zero-order valence-electron chi connectivity index (χ0n) is 15.4. The van der Waals surface area contributed by atoms with E-state index in [0.717, 1.165) is 11.1 Å². The van der Waals surface area contributed by atoms with E-state index in [1.165, 1.54) is 0 Å². The highest BCUT2D eigenvalue weighted by molar-refractivity contribution is 6.04. The Balaban J connectivity index is 1.89. The summed E-state index contributed by atoms with van der Waals surface area (Å²) < 4.78 is 0. The van der Waals surface area contributed by atoms with E-state index in [1.54, 1.807) is 48.5 Å². The molecule has 0 aliphatic rings. The second-order valence-electron chi connectivity index (χ2n) is 6.47. The number of benzene rings is 2. The normalized spacial score (nSPS) is 10.3. The van der Waals surface area contributed by atoms with Crippen molar-refractivity contribution in [3.63, 3.8) is 0 Å². The number of urea groups is 1. The van der Waals surface area contributed by atoms with Crippen molar-refractivity contribution in [2.45, 2.75) is 32.9 Å². The zero-order chi connectivity index (χ0) is 19.8. The summed E-state index contributed by atoms with van der Waals surface area (Å²) in [5, 5.41) is 8.29. The fraction of sp³-hybridized carbons (Fsp3) is 0.250. The van der Waals surface area contributed by atoms with Gasteiger partial charge in [0.1, 0.15) is 0 Å². The Kier molecular flexibility index (Phi) is 6.93. The minimum Gasteiger partial charge on any atom is -0.369 e. The molecule has 0 heterocycles. The summed E-state index contributed by atoms with van der Waals surface area (Å²) in [4.78, 5) is 34.8. The van der Waals surface area contributed by atoms with Gasteiger partial charge in [0.05, 0.1) is 6.42 Å². The number of nitrogens with one attached hydrogen (secondary N) is 3. The van der Waals surface area contributed by atoms with Crippen molar-refractivity contribution in [2.75, 3.05) is 5.32 Å². The Morgan fingerprint density at radius 2 is 1.52 bits per heavy atom. The predicted molar refractivity (Wildman–Crippen MR) is 104 cm³/mol. The Hall–Kier alpha value is -3.35. The molecule has 0 radical (unpaired) electrons. The molecule has 0 aliphatic carbocycles. The highest BCUT2D eigenvalue weighted by Gasteiger charge is 2.07. The van der Waals surface area contributed by atoms with Crippen LogP contribution in [0.2, 0.25) is 0 Å². The highest BCUT2D eigenvalue weighted by atomic mass is 16.2. The molecule has 4 amide bonds. The van der Waals surface area contributed by atoms with E-state index >= 15 is 0 Å². The SMILES string of the molecule is CC(C)NC(=O)NCc1ccc(C(=O)Nc2ccc(CC(N)=O)cc2)cc1. The first kappa shape index (κ1) is 20.0. The number of hydrogen-bond acceptors (Lipinski definition) is 3. The van der Waals surface area contributed by atoms with Crippen LogP contribution >= 0.6 is 0 Å². The Morgan fingerprint density at radius 3 is 2.07 bits per heavy atom. The first-order valence-electron chi connectivity index (χ1n) is 8.65. The Bertz CT molecular complexity index is 799. The number of carbonyl (C=O) groups is 3. The fourth-order valence-electron chi connectivity index (χ4n) is 2.38. The summed E-state index contributed by atoms with van der Waals surface area (Å²) in [7, 11) is 0. The molecule has 7 heteroatoms. The minimum atomic E-state index is -0.400. The number of anilines is 1. The van der Waals surface area contributed by atoms with Crippen LogP contribution in [0, 0.1) is 0 Å². The molecule has 0 spiro atoms. The number of carbonyl (C=O) groups excluding carboxylic acids is 3. The van der Waals surface area contributed by atoms with Crippen LogP contribution in [0.1, 0.15) is 35.3 Å². The third kappa shape index (κ3) is 6.81. The summed E-state index contributed by atoms with van der Waals surface area (Å²) in [6.45, 7) is 4.15. The van der Waals surface area contributed by atoms with Gasteiger partial charge in [-0.25, -0.2) is 4.79 Å². The van der Waals surface area contributed by atoms with E-state index in [2.05, 4.69) is 16.0 Å². The summed E-state index contributed by atoms with van der Waals surface area (Å²) in [5.74, 6) is -0.641. The number of hydrogen-bond donors (Lipinski definition) is 4. The monoisotopic (exact) mass is 368 g/mol. The van der Waals surface area contributed by atoms with Crippen molar-refractivity contribution in [3.05, 3.63) is 65.2 Å². The summed E-state index contributed by atoms with van der Waals surface area (Å²) >= 11 is 0. The molecule has 2 aromatic carbocycles. The van der Waals surface area contributed by atoms with E-state index in [0.29, 0.717) is 17.8 Å². The van der Waals surface area contributed by atoms with Gasteiger partial charge in [0.15, 0.2) is 0 Å². The maximum absolute atomic E-state index is 12.3. The second-order valence-corrected chi connectivity index (χ2v) is 6.47. The van der Waals surface area contributed by atoms with Crippen LogP contribution in [0.4, 0.5) is 10.5 Å². The van der Waals surface area contributed by atoms with E-state index in [4.69, 9.17) is 5.73 Å². The molecular formula is C20H24N4O3. The van der Waals surface area contributed by atoms with Crippen molar-refractivity contribution in [1.29, 1.82) is 0 Å². The Labute approximate surface area is 158 Å². The molecule has 2 rings (SSSR count). The Morgan fingerprint density at radius 1 is 0.926 bits per heavy atom. The van der Waals surface area contributed by atoms with Gasteiger partial charge in [0, 0.05) is 23.8 Å². The number of rotatable bonds is 7. The quantitative estimate of drug-likeness (QED) is 0.600. The van der Waals surface area contributed by atoms with Crippen LogP contribution in [0.5, 0.6) is 0 Å². The lowest BCUT2D eigenvalue weighted by molar-refractivity contribution is -0.117. The summed E-state index contributed by atoms with van der Waals surface area (Å²) in [5.41, 5.74) is 7.97. The first-order valence-corrected chi connectivity index (χ1v) is 8.65. The van der Waals surface area contributed by atoms with Gasteiger partial charge < -0.3 is 21.7 Å². The molecule has 0 aromatic heterocycles. The molecule has 5 N–H and O–H groups in total. The van der Waals surface area contributed by atoms with Gasteiger partial charge in [0.25, 0.3) is 5.91 Å². The van der Waals surface area contributed by atoms with Crippen molar-refractivity contribution >= 4 is 23.5 Å². The molecule has 0 saturated carbocycles. The maximum Gasteiger partial charge on any atom is 0.315 e. The van der Waals surface area contributed by atoms with Gasteiger partial charge in [-0.3, -0.25) is 9.59 Å². The predicted octanol–water partition coefficient (Wildman–Crippen LogP) is 2.17. The second kappa shape index (κ2) is 9.38. The third-order valence-corrected chi connectivity index (χ3v) is 3.68. The van der Waals surface area contributed by atoms with E-state index in [1.807, 2.05) is 13.8 Å². The van der Waals surface area contributed by atoms with Crippen molar-refractivity contribution < 1.29 is 14.4 Å². The van der Waals surface area contributed by atoms with Gasteiger partial charge in [-0.2, -0.15) is 0 Å². The average Bonchev–Trinajstić information content (AvgIpc) is 2.61. The lowest BCUT2D eigenvalue weighted by Crippen LogP contribution is -2.39. The topological polar surface area (TPSA) is 113 Å². The van der Waals surface area contributed by atoms with Crippen LogP contribution in [0.15, 0.2) is 48.5 Å². The molecule has 7 nitrogen and oxygen atoms in total. The molecule has 27 heavy (non-hydrogen) atoms. The number of primary amides is 1. The van der Waals surface area contributed by atoms with Crippen molar-refractivity contribution in [1.82, 2.24) is 10.6 Å². The average molecular weight is 368 g/mol. The molecule has 0 bridgehead atoms. The standard InChI is InChI=1S/C20H24N4O3/c1-13(2)23-20(27)22-12-15-3-7-16(8-4-15)19(26)24-17-9-5-14(6-10-17)11-18(21)25/h3-10,13H,11-12H2,1-2H3,(H2,21,25)(H,24,26)(H2,22,23,27). The van der Waals surface area contributed by atoms with Gasteiger partial charge in [-0.15, -0.1) is 0 Å². The number of amides is 4. The van der Waals surface area contributed by atoms with E-state index < -0.39 is 5.91 Å². The van der Waals surface area contributed by atoms with Crippen LogP contribution in [-0.4, -0.2) is 23.9 Å². The van der Waals surface area contributed by atoms with Gasteiger partial charge >= 0.3 is 6.03 Å². The number of nitrogens with two attached hydrogens (primary N) is 1. The lowest BCUT2D eigenvalue weighted by atomic mass is 10.1. The third-order valence-electron chi connectivity index (χ3n) is 3.68. The van der Waals surface area contributed by atoms with Crippen LogP contribution in [0.3, 0.4) is 0 Å². The molecule has 0 fully saturated rings. The summed E-state index contributed by atoms with van der Waals surface area (Å²) in [6.07, 6.45) is 0.166. The molecule has 0 saturated heterocycles. The maximum atomic E-state index is 12.3. The van der Waals surface area contributed by atoms with Crippen LogP contribution in [-0.2, 0) is 17.8 Å². The van der Waals surface area contributed by atoms with E-state index in [9.17, 15) is 14.4 Å². The largest absolute Gasteiger partial charge is 0.369 e. The van der Waals surface area contributed by atoms with Gasteiger partial charge in [-0.05, 0) is 49.2 Å². The van der Waals surface area contributed by atoms with Crippen LogP contribution in [0.25, 0.3) is 0 Å². The molecular weight excluding hydrogens is 344 g/mol. The van der Waals surface area contributed by atoms with Crippen LogP contribution < -0.4 is 21.7 Å². The molecule has 0 unspecified atom stereocenters. The van der Waals surface area contributed by atoms with Crippen molar-refractivity contribution in [2.24, 2.45) is 5.73 Å². The molecule has 142 valence electrons. The van der Waals surface area contributed by atoms with Gasteiger partial charge in [0.2, 0.25) is 5.91 Å². The van der Waals surface area contributed by atoms with Crippen molar-refractivity contribution in [3.8, 4) is 0 Å². The highest BCUT2D eigenvalue weighted by Crippen LogP contribution is 2.12. The smallest absolute Gasteiger partial charge is 0.315 e. The fourth-order valence-corrected chi connectivity index (χ4v) is 2.38. The zero-order valence-corrected chi connectivity index (χ0v) is 15.4. The molecule has 0 aliphatic heterocycles. The first-order chi connectivity index (χ1) is 12.8. The molecule has 2 aromatic rings. The van der Waals surface area contributed by atoms with Gasteiger partial charge in [-0.1, -0.05) is 24.3 Å². The minimum absolute atomic E-state index is 0.0703. The summed E-state index contributed by atoms with van der Waals surface area (Å²) in [6, 6.07) is 13.8. The van der Waals surface area contributed by atoms with E-state index in [-0.39, 0.29) is 24.4 Å². The molecule has 0 atom stereocenters.